The van der Waals surface area contributed by atoms with Crippen molar-refractivity contribution in [2.24, 2.45) is 0 Å². The van der Waals surface area contributed by atoms with Crippen LogP contribution in [0.3, 0.4) is 0 Å². The van der Waals surface area contributed by atoms with Crippen LogP contribution in [-0.4, -0.2) is 65.7 Å². The molecule has 2 fully saturated rings. The SMILES string of the molecule is CN1CCN(c2ccc(N3C[C@H](CNC(O)=S)OC3=O)cc2F)C1=S.[Pr]. The Morgan fingerprint density at radius 2 is 2.15 bits per heavy atom. The van der Waals surface area contributed by atoms with Crippen molar-refractivity contribution in [1.82, 2.24) is 10.2 Å². The number of benzene rings is 1. The molecule has 137 valence electrons. The summed E-state index contributed by atoms with van der Waals surface area (Å²) >= 11 is 9.80. The smallest absolute Gasteiger partial charge is 0.414 e. The number of thiocarbonyl (C=S) groups is 2. The van der Waals surface area contributed by atoms with E-state index in [1.165, 1.54) is 11.0 Å². The van der Waals surface area contributed by atoms with E-state index in [0.717, 1.165) is 6.54 Å². The molecule has 1 aromatic carbocycles. The van der Waals surface area contributed by atoms with E-state index in [-0.39, 0.29) is 59.6 Å². The molecule has 0 bridgehead atoms. The first-order valence-electron chi connectivity index (χ1n) is 7.64. The van der Waals surface area contributed by atoms with Crippen molar-refractivity contribution >= 4 is 52.2 Å². The van der Waals surface area contributed by atoms with Crippen molar-refractivity contribution < 1.29 is 60.3 Å². The van der Waals surface area contributed by atoms with Gasteiger partial charge >= 0.3 is 6.09 Å². The van der Waals surface area contributed by atoms with Crippen LogP contribution in [0.4, 0.5) is 20.6 Å². The molecule has 3 rings (SSSR count). The molecule has 1 amide bonds. The molecule has 0 aliphatic carbocycles. The third kappa shape index (κ3) is 4.52. The molecule has 2 saturated heterocycles. The first-order chi connectivity index (χ1) is 11.9. The Balaban J connectivity index is 0.00000243. The van der Waals surface area contributed by atoms with E-state index in [4.69, 9.17) is 22.1 Å². The Bertz CT molecular complexity index is 739. The Morgan fingerprint density at radius 1 is 1.42 bits per heavy atom. The fraction of sp³-hybridized carbons (Fsp3) is 0.400. The average molecular weight is 525 g/mol. The minimum atomic E-state index is -0.570. The van der Waals surface area contributed by atoms with Gasteiger partial charge in [0, 0.05) is 61.4 Å². The van der Waals surface area contributed by atoms with Gasteiger partial charge < -0.3 is 25.0 Å². The Hall–Kier alpha value is -0.836. The first kappa shape index (κ1) is 21.5. The van der Waals surface area contributed by atoms with Gasteiger partial charge in [-0.2, -0.15) is 0 Å². The van der Waals surface area contributed by atoms with E-state index < -0.39 is 18.0 Å². The molecule has 2 aliphatic heterocycles. The minimum absolute atomic E-state index is 0. The summed E-state index contributed by atoms with van der Waals surface area (Å²) in [6.07, 6.45) is -1.06. The Morgan fingerprint density at radius 3 is 2.73 bits per heavy atom. The van der Waals surface area contributed by atoms with Crippen LogP contribution in [0.5, 0.6) is 0 Å². The van der Waals surface area contributed by atoms with Gasteiger partial charge in [0.25, 0.3) is 5.17 Å². The number of nitrogens with zero attached hydrogens (tertiary/aromatic N) is 3. The largest absolute Gasteiger partial charge is 0.487 e. The number of hydrogen-bond donors (Lipinski definition) is 2. The number of anilines is 2. The summed E-state index contributed by atoms with van der Waals surface area (Å²) in [5.74, 6) is -0.457. The predicted molar refractivity (Wildman–Crippen MR) is 99.8 cm³/mol. The number of rotatable bonds is 4. The number of amides is 1. The molecule has 2 aliphatic rings. The molecule has 1 aromatic rings. The van der Waals surface area contributed by atoms with Crippen molar-refractivity contribution in [2.45, 2.75) is 6.10 Å². The number of ether oxygens (including phenoxy) is 1. The number of likely N-dealkylation sites (N-methyl/N-ethyl adjacent to an activating group) is 1. The van der Waals surface area contributed by atoms with Gasteiger partial charge in [0.2, 0.25) is 0 Å². The summed E-state index contributed by atoms with van der Waals surface area (Å²) in [4.78, 5) is 16.9. The number of carbonyl (C=O) groups excluding carboxylic acids is 1. The topological polar surface area (TPSA) is 68.3 Å². The molecule has 2 N–H and O–H groups in total. The van der Waals surface area contributed by atoms with Gasteiger partial charge in [-0.25, -0.2) is 9.18 Å². The standard InChI is InChI=1S/C15H17FN4O3S2.Pr/c1-18-4-5-19(14(18)25)12-3-2-9(6-11(12)16)20-8-10(23-15(20)22)7-17-13(21)24;/h2-3,6,10H,4-5,7-8H2,1H3,(H2,17,21,24);/t10-;/m0./s1. The zero-order valence-electron chi connectivity index (χ0n) is 14.0. The van der Waals surface area contributed by atoms with E-state index in [2.05, 4.69) is 17.5 Å². The maximum Gasteiger partial charge on any atom is 0.414 e. The molecule has 0 aromatic heterocycles. The number of nitrogens with one attached hydrogen (secondary N) is 1. The van der Waals surface area contributed by atoms with Gasteiger partial charge in [-0.1, -0.05) is 0 Å². The fourth-order valence-corrected chi connectivity index (χ4v) is 3.16. The van der Waals surface area contributed by atoms with Crippen LogP contribution in [0.2, 0.25) is 0 Å². The quantitative estimate of drug-likeness (QED) is 0.576. The summed E-state index contributed by atoms with van der Waals surface area (Å²) in [7, 11) is 1.86. The second-order valence-electron chi connectivity index (χ2n) is 5.79. The van der Waals surface area contributed by atoms with Gasteiger partial charge in [0.1, 0.15) is 11.9 Å². The zero-order chi connectivity index (χ0) is 18.1. The van der Waals surface area contributed by atoms with Crippen LogP contribution in [0.15, 0.2) is 18.2 Å². The summed E-state index contributed by atoms with van der Waals surface area (Å²) in [6, 6.07) is 4.56. The fourth-order valence-electron chi connectivity index (χ4n) is 2.79. The van der Waals surface area contributed by atoms with Crippen molar-refractivity contribution in [3.63, 3.8) is 0 Å². The molecule has 2 heterocycles. The number of hydrogen-bond acceptors (Lipinski definition) is 4. The van der Waals surface area contributed by atoms with Gasteiger partial charge in [-0.3, -0.25) is 4.90 Å². The van der Waals surface area contributed by atoms with Crippen molar-refractivity contribution in [3.05, 3.63) is 24.0 Å². The third-order valence-electron chi connectivity index (χ3n) is 4.11. The second-order valence-corrected chi connectivity index (χ2v) is 6.55. The number of aliphatic hydroxyl groups is 1. The van der Waals surface area contributed by atoms with E-state index in [9.17, 15) is 9.18 Å². The molecule has 1 atom stereocenters. The number of aliphatic hydroxyl groups excluding tert-OH is 1. The van der Waals surface area contributed by atoms with Crippen LogP contribution in [0.1, 0.15) is 0 Å². The molecule has 1 radical (unpaired) electrons. The van der Waals surface area contributed by atoms with Crippen LogP contribution in [0, 0.1) is 47.1 Å². The summed E-state index contributed by atoms with van der Waals surface area (Å²) < 4.78 is 19.7. The van der Waals surface area contributed by atoms with Crippen molar-refractivity contribution in [3.8, 4) is 0 Å². The Labute approximate surface area is 194 Å². The minimum Gasteiger partial charge on any atom is -0.487 e. The van der Waals surface area contributed by atoms with E-state index in [1.807, 2.05) is 11.9 Å². The van der Waals surface area contributed by atoms with Gasteiger partial charge in [0.15, 0.2) is 5.11 Å². The van der Waals surface area contributed by atoms with Crippen LogP contribution in [0.25, 0.3) is 0 Å². The normalized spacial score (nSPS) is 19.5. The summed E-state index contributed by atoms with van der Waals surface area (Å²) in [6.45, 7) is 1.77. The zero-order valence-corrected chi connectivity index (χ0v) is 19.4. The van der Waals surface area contributed by atoms with Gasteiger partial charge in [-0.15, -0.1) is 0 Å². The third-order valence-corrected chi connectivity index (χ3v) is 4.78. The van der Waals surface area contributed by atoms with Crippen LogP contribution < -0.4 is 15.1 Å². The van der Waals surface area contributed by atoms with Crippen molar-refractivity contribution in [1.29, 1.82) is 0 Å². The molecule has 0 unspecified atom stereocenters. The van der Waals surface area contributed by atoms with Crippen molar-refractivity contribution in [2.75, 3.05) is 43.0 Å². The van der Waals surface area contributed by atoms with E-state index >= 15 is 0 Å². The molecule has 0 spiro atoms. The first-order valence-corrected chi connectivity index (χ1v) is 8.45. The van der Waals surface area contributed by atoms with Gasteiger partial charge in [-0.05, 0) is 42.6 Å². The molecular weight excluding hydrogens is 508 g/mol. The molecule has 26 heavy (non-hydrogen) atoms. The Kier molecular flexibility index (Phi) is 7.35. The van der Waals surface area contributed by atoms with E-state index in [0.29, 0.717) is 23.0 Å². The molecule has 11 heteroatoms. The maximum atomic E-state index is 14.6. The summed E-state index contributed by atoms with van der Waals surface area (Å²) in [5.41, 5.74) is 0.785. The van der Waals surface area contributed by atoms with E-state index in [1.54, 1.807) is 17.0 Å². The number of halogens is 1. The number of carbonyl (C=O) groups is 1. The second kappa shape index (κ2) is 8.90. The van der Waals surface area contributed by atoms with Gasteiger partial charge in [0.05, 0.1) is 24.5 Å². The molecular formula is C15H17FN4O3PrS2. The molecule has 7 nitrogen and oxygen atoms in total. The number of cyclic esters (lactones) is 1. The average Bonchev–Trinajstić information content (AvgIpc) is 3.09. The monoisotopic (exact) mass is 525 g/mol. The van der Waals surface area contributed by atoms with Crippen LogP contribution >= 0.6 is 24.4 Å². The summed E-state index contributed by atoms with van der Waals surface area (Å²) in [5, 5.41) is 11.7. The maximum absolute atomic E-state index is 14.6. The van der Waals surface area contributed by atoms with Crippen LogP contribution in [-0.2, 0) is 4.74 Å². The molecule has 0 saturated carbocycles. The predicted octanol–water partition coefficient (Wildman–Crippen LogP) is 1.62.